The van der Waals surface area contributed by atoms with Gasteiger partial charge in [0, 0.05) is 25.7 Å². The Balaban J connectivity index is 2.27. The van der Waals surface area contributed by atoms with Gasteiger partial charge in [-0.25, -0.2) is 0 Å². The van der Waals surface area contributed by atoms with Crippen LogP contribution in [-0.2, 0) is 12.7 Å². The van der Waals surface area contributed by atoms with Crippen molar-refractivity contribution in [3.05, 3.63) is 51.3 Å². The van der Waals surface area contributed by atoms with Crippen molar-refractivity contribution in [2.75, 3.05) is 26.2 Å². The third-order valence-corrected chi connectivity index (χ3v) is 5.22. The molecule has 0 radical (unpaired) electrons. The van der Waals surface area contributed by atoms with Crippen LogP contribution in [0, 0.1) is 0 Å². The Hall–Kier alpha value is -1.77. The van der Waals surface area contributed by atoms with E-state index in [4.69, 9.17) is 23.2 Å². The van der Waals surface area contributed by atoms with Crippen LogP contribution < -0.4 is 0 Å². The summed E-state index contributed by atoms with van der Waals surface area (Å²) in [5.74, 6) is -0.616. The minimum atomic E-state index is -4.60. The normalized spacial score (nSPS) is 11.9. The summed E-state index contributed by atoms with van der Waals surface area (Å²) in [6.07, 6.45) is -4.60. The smallest absolute Gasteiger partial charge is 0.332 e. The molecule has 0 saturated heterocycles. The van der Waals surface area contributed by atoms with Crippen LogP contribution in [-0.4, -0.2) is 52.1 Å². The van der Waals surface area contributed by atoms with E-state index in [9.17, 15) is 18.0 Å². The number of nitrogens with zero attached hydrogens (tertiary/aromatic N) is 3. The van der Waals surface area contributed by atoms with Crippen LogP contribution in [0.5, 0.6) is 0 Å². The highest BCUT2D eigenvalue weighted by atomic mass is 35.5. The van der Waals surface area contributed by atoms with E-state index in [1.807, 2.05) is 18.9 Å². The van der Waals surface area contributed by atoms with Crippen molar-refractivity contribution < 1.29 is 18.0 Å². The van der Waals surface area contributed by atoms with Gasteiger partial charge in [0.25, 0.3) is 5.91 Å². The Morgan fingerprint density at radius 2 is 1.86 bits per heavy atom. The second kappa shape index (κ2) is 9.62. The number of aromatic nitrogens is 2. The summed E-state index contributed by atoms with van der Waals surface area (Å²) in [5, 5.41) is 6.07. The number of halogens is 5. The number of alkyl halides is 3. The number of carbonyl (C=O) groups is 1. The Kier molecular flexibility index (Phi) is 7.74. The number of amides is 1. The summed E-state index contributed by atoms with van der Waals surface area (Å²) in [4.78, 5) is 16.4. The molecule has 0 aliphatic heterocycles. The van der Waals surface area contributed by atoms with E-state index in [0.29, 0.717) is 34.8 Å². The minimum absolute atomic E-state index is 0.105. The van der Waals surface area contributed by atoms with Gasteiger partial charge in [-0.2, -0.15) is 18.3 Å². The first-order chi connectivity index (χ1) is 13.2. The number of likely N-dealkylation sites (N-methyl/N-ethyl adjacent to an activating group) is 1. The fourth-order valence-corrected chi connectivity index (χ4v) is 3.05. The molecule has 0 aliphatic rings. The second-order valence-electron chi connectivity index (χ2n) is 6.13. The van der Waals surface area contributed by atoms with E-state index in [1.165, 1.54) is 4.90 Å². The van der Waals surface area contributed by atoms with Gasteiger partial charge in [0.05, 0.1) is 10.0 Å². The number of H-pyrrole nitrogens is 1. The summed E-state index contributed by atoms with van der Waals surface area (Å²) in [6.45, 7) is 6.53. The number of aromatic amines is 1. The lowest BCUT2D eigenvalue weighted by Crippen LogP contribution is -2.38. The van der Waals surface area contributed by atoms with Crippen molar-refractivity contribution in [3.63, 3.8) is 0 Å². The molecular formula is C18H21Cl2F3N4O. The summed E-state index contributed by atoms with van der Waals surface area (Å²) in [5.41, 5.74) is -0.765. The Bertz CT molecular complexity index is 806. The van der Waals surface area contributed by atoms with E-state index in [2.05, 4.69) is 10.00 Å². The molecule has 28 heavy (non-hydrogen) atoms. The zero-order valence-corrected chi connectivity index (χ0v) is 17.0. The first-order valence-corrected chi connectivity index (χ1v) is 9.50. The predicted molar refractivity (Wildman–Crippen MR) is 103 cm³/mol. The molecule has 5 nitrogen and oxygen atoms in total. The highest BCUT2D eigenvalue weighted by molar-refractivity contribution is 6.42. The van der Waals surface area contributed by atoms with E-state index >= 15 is 0 Å². The lowest BCUT2D eigenvalue weighted by Gasteiger charge is -2.26. The number of carbonyl (C=O) groups excluding carboxylic acids is 1. The van der Waals surface area contributed by atoms with Gasteiger partial charge in [0.2, 0.25) is 0 Å². The number of benzene rings is 1. The van der Waals surface area contributed by atoms with Crippen LogP contribution >= 0.6 is 23.2 Å². The third-order valence-electron chi connectivity index (χ3n) is 4.36. The molecule has 0 aliphatic carbocycles. The van der Waals surface area contributed by atoms with E-state index in [-0.39, 0.29) is 12.2 Å². The molecule has 154 valence electrons. The van der Waals surface area contributed by atoms with Crippen molar-refractivity contribution in [1.29, 1.82) is 0 Å². The van der Waals surface area contributed by atoms with Gasteiger partial charge in [0.1, 0.15) is 5.69 Å². The number of hydrogen-bond donors (Lipinski definition) is 1. The molecule has 10 heteroatoms. The molecule has 0 bridgehead atoms. The molecule has 0 unspecified atom stereocenters. The van der Waals surface area contributed by atoms with E-state index < -0.39 is 17.8 Å². The molecule has 1 heterocycles. The zero-order chi connectivity index (χ0) is 20.9. The van der Waals surface area contributed by atoms with Crippen LogP contribution in [0.4, 0.5) is 13.2 Å². The predicted octanol–water partition coefficient (Wildman–Crippen LogP) is 4.72. The van der Waals surface area contributed by atoms with Crippen molar-refractivity contribution in [1.82, 2.24) is 20.0 Å². The highest BCUT2D eigenvalue weighted by Crippen LogP contribution is 2.29. The van der Waals surface area contributed by atoms with Gasteiger partial charge in [-0.1, -0.05) is 49.2 Å². The first-order valence-electron chi connectivity index (χ1n) is 8.74. The van der Waals surface area contributed by atoms with Crippen LogP contribution in [0.25, 0.3) is 0 Å². The molecule has 2 rings (SSSR count). The Labute approximate surface area is 171 Å². The molecule has 0 fully saturated rings. The van der Waals surface area contributed by atoms with Gasteiger partial charge in [-0.15, -0.1) is 0 Å². The van der Waals surface area contributed by atoms with Crippen LogP contribution in [0.1, 0.15) is 35.6 Å². The standard InChI is InChI=1S/C18H21Cl2F3N4O/c1-3-26(4-2)8-9-27(11-12-6-5-7-13(19)16(12)20)17(28)14-10-15(25-24-14)18(21,22)23/h5-7,10H,3-4,8-9,11H2,1-2H3,(H,24,25). The van der Waals surface area contributed by atoms with Crippen molar-refractivity contribution in [3.8, 4) is 0 Å². The monoisotopic (exact) mass is 436 g/mol. The molecule has 1 amide bonds. The van der Waals surface area contributed by atoms with Crippen molar-refractivity contribution >= 4 is 29.1 Å². The van der Waals surface area contributed by atoms with Gasteiger partial charge >= 0.3 is 6.18 Å². The fraction of sp³-hybridized carbons (Fsp3) is 0.444. The summed E-state index contributed by atoms with van der Waals surface area (Å²) in [7, 11) is 0. The average molecular weight is 437 g/mol. The van der Waals surface area contributed by atoms with Gasteiger partial charge in [-0.3, -0.25) is 9.89 Å². The maximum absolute atomic E-state index is 12.9. The lowest BCUT2D eigenvalue weighted by atomic mass is 10.2. The van der Waals surface area contributed by atoms with Gasteiger partial charge < -0.3 is 9.80 Å². The molecule has 0 spiro atoms. The zero-order valence-electron chi connectivity index (χ0n) is 15.5. The summed E-state index contributed by atoms with van der Waals surface area (Å²) < 4.78 is 38.5. The Morgan fingerprint density at radius 3 is 2.43 bits per heavy atom. The molecule has 1 aromatic heterocycles. The molecular weight excluding hydrogens is 416 g/mol. The maximum Gasteiger partial charge on any atom is 0.432 e. The summed E-state index contributed by atoms with van der Waals surface area (Å²) >= 11 is 12.3. The lowest BCUT2D eigenvalue weighted by molar-refractivity contribution is -0.141. The topological polar surface area (TPSA) is 52.2 Å². The molecule has 1 N–H and O–H groups in total. The first kappa shape index (κ1) is 22.5. The molecule has 0 atom stereocenters. The third kappa shape index (κ3) is 5.62. The SMILES string of the molecule is CCN(CC)CCN(Cc1cccc(Cl)c1Cl)C(=O)c1cc(C(F)(F)F)[nH]n1. The highest BCUT2D eigenvalue weighted by Gasteiger charge is 2.34. The van der Waals surface area contributed by atoms with Gasteiger partial charge in [-0.05, 0) is 24.7 Å². The van der Waals surface area contributed by atoms with Crippen LogP contribution in [0.3, 0.4) is 0 Å². The fourth-order valence-electron chi connectivity index (χ4n) is 2.67. The molecule has 0 saturated carbocycles. The van der Waals surface area contributed by atoms with Crippen molar-refractivity contribution in [2.45, 2.75) is 26.6 Å². The summed E-state index contributed by atoms with van der Waals surface area (Å²) in [6, 6.07) is 5.76. The van der Waals surface area contributed by atoms with Crippen molar-refractivity contribution in [2.24, 2.45) is 0 Å². The van der Waals surface area contributed by atoms with Crippen LogP contribution in [0.15, 0.2) is 24.3 Å². The molecule has 2 aromatic rings. The second-order valence-corrected chi connectivity index (χ2v) is 6.92. The number of nitrogens with one attached hydrogen (secondary N) is 1. The van der Waals surface area contributed by atoms with E-state index in [0.717, 1.165) is 13.1 Å². The average Bonchev–Trinajstić information content (AvgIpc) is 3.15. The number of hydrogen-bond acceptors (Lipinski definition) is 3. The maximum atomic E-state index is 12.9. The Morgan fingerprint density at radius 1 is 1.18 bits per heavy atom. The van der Waals surface area contributed by atoms with Crippen LogP contribution in [0.2, 0.25) is 10.0 Å². The molecule has 1 aromatic carbocycles. The largest absolute Gasteiger partial charge is 0.432 e. The van der Waals surface area contributed by atoms with Gasteiger partial charge in [0.15, 0.2) is 5.69 Å². The number of rotatable bonds is 8. The minimum Gasteiger partial charge on any atom is -0.332 e. The quantitative estimate of drug-likeness (QED) is 0.651. The van der Waals surface area contributed by atoms with E-state index in [1.54, 1.807) is 18.2 Å².